The smallest absolute Gasteiger partial charge is 0.226 e. The number of aryl methyl sites for hydroxylation is 1. The van der Waals surface area contributed by atoms with Crippen LogP contribution in [0.1, 0.15) is 6.42 Å². The topological polar surface area (TPSA) is 59.8 Å². The zero-order valence-electron chi connectivity index (χ0n) is 9.01. The largest absolute Gasteiger partial charge is 0.325 e. The molecular weight excluding hydrogens is 240 g/mol. The number of hydrogen-bond donors (Lipinski definition) is 1. The first-order valence-electron chi connectivity index (χ1n) is 5.12. The molecule has 5 nitrogen and oxygen atoms in total. The van der Waals surface area contributed by atoms with E-state index >= 15 is 0 Å². The number of amides is 1. The molecule has 0 saturated carbocycles. The van der Waals surface area contributed by atoms with Gasteiger partial charge < -0.3 is 5.32 Å². The van der Waals surface area contributed by atoms with Gasteiger partial charge in [0.05, 0.1) is 17.3 Å². The molecule has 6 heteroatoms. The number of aromatic nitrogens is 3. The van der Waals surface area contributed by atoms with Gasteiger partial charge in [0.15, 0.2) is 0 Å². The molecule has 0 atom stereocenters. The van der Waals surface area contributed by atoms with Crippen LogP contribution in [0.15, 0.2) is 36.9 Å². The van der Waals surface area contributed by atoms with Gasteiger partial charge in [0.2, 0.25) is 5.91 Å². The summed E-state index contributed by atoms with van der Waals surface area (Å²) in [6.07, 6.45) is 3.34. The highest BCUT2D eigenvalue weighted by Gasteiger charge is 2.05. The molecule has 0 aliphatic heterocycles. The van der Waals surface area contributed by atoms with Crippen LogP contribution in [0.25, 0.3) is 0 Å². The van der Waals surface area contributed by atoms with Crippen molar-refractivity contribution >= 4 is 23.2 Å². The minimum atomic E-state index is -0.103. The van der Waals surface area contributed by atoms with E-state index in [0.717, 1.165) is 0 Å². The molecule has 2 rings (SSSR count). The fourth-order valence-corrected chi connectivity index (χ4v) is 1.52. The molecule has 0 aliphatic carbocycles. The van der Waals surface area contributed by atoms with Crippen molar-refractivity contribution in [3.05, 3.63) is 41.9 Å². The second kappa shape index (κ2) is 5.45. The quantitative estimate of drug-likeness (QED) is 0.902. The Kier molecular flexibility index (Phi) is 3.72. The maximum atomic E-state index is 11.6. The zero-order chi connectivity index (χ0) is 12.1. The molecule has 0 radical (unpaired) electrons. The minimum absolute atomic E-state index is 0.103. The first-order chi connectivity index (χ1) is 8.25. The molecule has 1 N–H and O–H groups in total. The molecule has 0 unspecified atom stereocenters. The van der Waals surface area contributed by atoms with E-state index in [2.05, 4.69) is 15.4 Å². The van der Waals surface area contributed by atoms with E-state index in [4.69, 9.17) is 11.6 Å². The van der Waals surface area contributed by atoms with Crippen molar-refractivity contribution in [1.29, 1.82) is 0 Å². The number of anilines is 1. The number of benzene rings is 1. The molecule has 1 amide bonds. The third-order valence-corrected chi connectivity index (χ3v) is 2.51. The Morgan fingerprint density at radius 2 is 2.24 bits per heavy atom. The van der Waals surface area contributed by atoms with Crippen LogP contribution in [0.4, 0.5) is 5.69 Å². The number of rotatable bonds is 4. The van der Waals surface area contributed by atoms with E-state index in [-0.39, 0.29) is 5.91 Å². The molecule has 0 fully saturated rings. The summed E-state index contributed by atoms with van der Waals surface area (Å²) in [7, 11) is 0. The van der Waals surface area contributed by atoms with Crippen molar-refractivity contribution in [1.82, 2.24) is 14.8 Å². The number of halogens is 1. The van der Waals surface area contributed by atoms with Crippen molar-refractivity contribution in [2.24, 2.45) is 0 Å². The first kappa shape index (κ1) is 11.6. The van der Waals surface area contributed by atoms with Gasteiger partial charge in [-0.05, 0) is 12.1 Å². The van der Waals surface area contributed by atoms with E-state index in [1.807, 2.05) is 12.1 Å². The van der Waals surface area contributed by atoms with Crippen molar-refractivity contribution < 1.29 is 4.79 Å². The monoisotopic (exact) mass is 250 g/mol. The lowest BCUT2D eigenvalue weighted by molar-refractivity contribution is -0.116. The van der Waals surface area contributed by atoms with Crippen LogP contribution in [-0.4, -0.2) is 20.7 Å². The average molecular weight is 251 g/mol. The molecule has 1 heterocycles. The standard InChI is InChI=1S/C11H11ClN4O/c12-9-3-1-2-4-10(9)15-11(17)5-6-16-8-13-7-14-16/h1-4,7-8H,5-6H2,(H,15,17). The summed E-state index contributed by atoms with van der Waals surface area (Å²) >= 11 is 5.93. The second-order valence-electron chi connectivity index (χ2n) is 3.44. The fourth-order valence-electron chi connectivity index (χ4n) is 1.34. The van der Waals surface area contributed by atoms with Gasteiger partial charge in [-0.2, -0.15) is 5.10 Å². The van der Waals surface area contributed by atoms with Gasteiger partial charge in [-0.15, -0.1) is 0 Å². The van der Waals surface area contributed by atoms with Gasteiger partial charge in [0, 0.05) is 6.42 Å². The van der Waals surface area contributed by atoms with Crippen molar-refractivity contribution in [3.8, 4) is 0 Å². The summed E-state index contributed by atoms with van der Waals surface area (Å²) < 4.78 is 1.60. The highest BCUT2D eigenvalue weighted by Crippen LogP contribution is 2.20. The number of nitrogens with zero attached hydrogens (tertiary/aromatic N) is 3. The lowest BCUT2D eigenvalue weighted by atomic mass is 10.3. The average Bonchev–Trinajstić information content (AvgIpc) is 2.82. The number of nitrogens with one attached hydrogen (secondary N) is 1. The predicted molar refractivity (Wildman–Crippen MR) is 64.7 cm³/mol. The van der Waals surface area contributed by atoms with Crippen LogP contribution < -0.4 is 5.32 Å². The summed E-state index contributed by atoms with van der Waals surface area (Å²) in [6.45, 7) is 0.496. The SMILES string of the molecule is O=C(CCn1cncn1)Nc1ccccc1Cl. The maximum Gasteiger partial charge on any atom is 0.226 e. The van der Waals surface area contributed by atoms with Gasteiger partial charge >= 0.3 is 0 Å². The Morgan fingerprint density at radius 1 is 1.41 bits per heavy atom. The van der Waals surface area contributed by atoms with Gasteiger partial charge in [-0.25, -0.2) is 4.98 Å². The number of hydrogen-bond acceptors (Lipinski definition) is 3. The lowest BCUT2D eigenvalue weighted by Gasteiger charge is -2.06. The minimum Gasteiger partial charge on any atom is -0.325 e. The van der Waals surface area contributed by atoms with Crippen LogP contribution in [-0.2, 0) is 11.3 Å². The van der Waals surface area contributed by atoms with Gasteiger partial charge in [0.1, 0.15) is 12.7 Å². The van der Waals surface area contributed by atoms with E-state index in [1.165, 1.54) is 6.33 Å². The number of carbonyl (C=O) groups excluding carboxylic acids is 1. The highest BCUT2D eigenvalue weighted by atomic mass is 35.5. The predicted octanol–water partition coefficient (Wildman–Crippen LogP) is 1.96. The van der Waals surface area contributed by atoms with Crippen LogP contribution in [0, 0.1) is 0 Å². The van der Waals surface area contributed by atoms with Crippen LogP contribution >= 0.6 is 11.6 Å². The molecule has 1 aromatic carbocycles. The normalized spacial score (nSPS) is 10.2. The van der Waals surface area contributed by atoms with Crippen LogP contribution in [0.5, 0.6) is 0 Å². The Labute approximate surface area is 103 Å². The number of para-hydroxylation sites is 1. The molecule has 17 heavy (non-hydrogen) atoms. The van der Waals surface area contributed by atoms with Gasteiger partial charge in [0.25, 0.3) is 0 Å². The third-order valence-electron chi connectivity index (χ3n) is 2.18. The van der Waals surface area contributed by atoms with Crippen LogP contribution in [0.3, 0.4) is 0 Å². The Balaban J connectivity index is 1.87. The molecule has 0 saturated heterocycles. The van der Waals surface area contributed by atoms with E-state index < -0.39 is 0 Å². The lowest BCUT2D eigenvalue weighted by Crippen LogP contribution is -2.14. The Bertz CT molecular complexity index is 498. The molecule has 0 aliphatic rings. The highest BCUT2D eigenvalue weighted by molar-refractivity contribution is 6.33. The van der Waals surface area contributed by atoms with Crippen molar-refractivity contribution in [2.45, 2.75) is 13.0 Å². The Morgan fingerprint density at radius 3 is 2.94 bits per heavy atom. The summed E-state index contributed by atoms with van der Waals surface area (Å²) in [5.74, 6) is -0.103. The van der Waals surface area contributed by atoms with E-state index in [9.17, 15) is 4.79 Å². The zero-order valence-corrected chi connectivity index (χ0v) is 9.76. The summed E-state index contributed by atoms with van der Waals surface area (Å²) in [5, 5.41) is 7.18. The molecule has 88 valence electrons. The molecule has 0 bridgehead atoms. The van der Waals surface area contributed by atoms with Crippen molar-refractivity contribution in [2.75, 3.05) is 5.32 Å². The Hall–Kier alpha value is -1.88. The number of carbonyl (C=O) groups is 1. The van der Waals surface area contributed by atoms with Gasteiger partial charge in [-0.3, -0.25) is 9.48 Å². The molecular formula is C11H11ClN4O. The second-order valence-corrected chi connectivity index (χ2v) is 3.84. The van der Waals surface area contributed by atoms with E-state index in [1.54, 1.807) is 23.1 Å². The summed E-state index contributed by atoms with van der Waals surface area (Å²) in [6, 6.07) is 7.12. The first-order valence-corrected chi connectivity index (χ1v) is 5.50. The van der Waals surface area contributed by atoms with Crippen LogP contribution in [0.2, 0.25) is 5.02 Å². The van der Waals surface area contributed by atoms with E-state index in [0.29, 0.717) is 23.7 Å². The third kappa shape index (κ3) is 3.29. The molecule has 0 spiro atoms. The molecule has 2 aromatic rings. The van der Waals surface area contributed by atoms with Crippen molar-refractivity contribution in [3.63, 3.8) is 0 Å². The maximum absolute atomic E-state index is 11.6. The summed E-state index contributed by atoms with van der Waals surface area (Å²) in [5.41, 5.74) is 0.623. The molecule has 1 aromatic heterocycles. The summed E-state index contributed by atoms with van der Waals surface area (Å²) in [4.78, 5) is 15.4. The van der Waals surface area contributed by atoms with Gasteiger partial charge in [-0.1, -0.05) is 23.7 Å². The fraction of sp³-hybridized carbons (Fsp3) is 0.182.